The third kappa shape index (κ3) is 3.96. The Morgan fingerprint density at radius 2 is 2.05 bits per heavy atom. The van der Waals surface area contributed by atoms with Crippen molar-refractivity contribution in [1.82, 2.24) is 4.90 Å². The van der Waals surface area contributed by atoms with Gasteiger partial charge in [-0.1, -0.05) is 13.0 Å². The van der Waals surface area contributed by atoms with Crippen LogP contribution in [0.1, 0.15) is 32.3 Å². The van der Waals surface area contributed by atoms with E-state index >= 15 is 0 Å². The second-order valence-electron chi connectivity index (χ2n) is 5.69. The topological polar surface area (TPSA) is 15.3 Å². The van der Waals surface area contributed by atoms with Crippen molar-refractivity contribution in [2.24, 2.45) is 5.92 Å². The number of piperidine rings is 1. The Bertz CT molecular complexity index is 411. The normalized spacial score (nSPS) is 19.4. The Labute approximate surface area is 125 Å². The molecule has 1 saturated heterocycles. The van der Waals surface area contributed by atoms with E-state index in [1.54, 1.807) is 0 Å². The molecule has 1 unspecified atom stereocenters. The summed E-state index contributed by atoms with van der Waals surface area (Å²) >= 11 is 3.63. The average molecular weight is 325 g/mol. The lowest BCUT2D eigenvalue weighted by molar-refractivity contribution is 0.183. The van der Waals surface area contributed by atoms with Gasteiger partial charge in [0.15, 0.2) is 0 Å². The van der Waals surface area contributed by atoms with Gasteiger partial charge in [-0.2, -0.15) is 0 Å². The van der Waals surface area contributed by atoms with E-state index in [-0.39, 0.29) is 0 Å². The van der Waals surface area contributed by atoms with Gasteiger partial charge < -0.3 is 10.2 Å². The summed E-state index contributed by atoms with van der Waals surface area (Å²) in [6.45, 7) is 10.4. The van der Waals surface area contributed by atoms with Crippen LogP contribution in [0.2, 0.25) is 0 Å². The second-order valence-corrected chi connectivity index (χ2v) is 6.54. The summed E-state index contributed by atoms with van der Waals surface area (Å²) in [6, 6.07) is 7.03. The number of nitrogens with one attached hydrogen (secondary N) is 1. The molecular formula is C16H25BrN2. The Morgan fingerprint density at radius 3 is 2.68 bits per heavy atom. The van der Waals surface area contributed by atoms with E-state index in [9.17, 15) is 0 Å². The van der Waals surface area contributed by atoms with E-state index in [1.165, 1.54) is 43.7 Å². The molecule has 3 heteroatoms. The zero-order valence-electron chi connectivity index (χ0n) is 12.2. The van der Waals surface area contributed by atoms with Crippen molar-refractivity contribution in [2.45, 2.75) is 39.7 Å². The SMILES string of the molecule is CCN1CCC(C(C)Nc2cc(C)ccc2Br)CC1. The van der Waals surface area contributed by atoms with Crippen LogP contribution in [0.25, 0.3) is 0 Å². The molecule has 19 heavy (non-hydrogen) atoms. The fraction of sp³-hybridized carbons (Fsp3) is 0.625. The zero-order valence-corrected chi connectivity index (χ0v) is 13.8. The number of benzene rings is 1. The lowest BCUT2D eigenvalue weighted by Crippen LogP contribution is -2.39. The molecule has 1 aliphatic rings. The van der Waals surface area contributed by atoms with Crippen LogP contribution in [0.3, 0.4) is 0 Å². The Morgan fingerprint density at radius 1 is 1.37 bits per heavy atom. The van der Waals surface area contributed by atoms with Crippen molar-refractivity contribution < 1.29 is 0 Å². The van der Waals surface area contributed by atoms with Gasteiger partial charge >= 0.3 is 0 Å². The maximum atomic E-state index is 3.69. The molecule has 1 aromatic carbocycles. The van der Waals surface area contributed by atoms with Crippen LogP contribution >= 0.6 is 15.9 Å². The first-order valence-electron chi connectivity index (χ1n) is 7.35. The van der Waals surface area contributed by atoms with E-state index < -0.39 is 0 Å². The monoisotopic (exact) mass is 324 g/mol. The number of nitrogens with zero attached hydrogens (tertiary/aromatic N) is 1. The molecule has 0 amide bonds. The first-order chi connectivity index (χ1) is 9.10. The summed E-state index contributed by atoms with van der Waals surface area (Å²) in [6.07, 6.45) is 2.62. The average Bonchev–Trinajstić information content (AvgIpc) is 2.43. The number of aryl methyl sites for hydroxylation is 1. The number of hydrogen-bond donors (Lipinski definition) is 1. The summed E-state index contributed by atoms with van der Waals surface area (Å²) in [4.78, 5) is 2.55. The molecule has 0 saturated carbocycles. The molecule has 0 aliphatic carbocycles. The van der Waals surface area contributed by atoms with Gasteiger partial charge in [0, 0.05) is 16.2 Å². The maximum Gasteiger partial charge on any atom is 0.0489 e. The van der Waals surface area contributed by atoms with Gasteiger partial charge in [-0.25, -0.2) is 0 Å². The van der Waals surface area contributed by atoms with Gasteiger partial charge in [-0.05, 0) is 85.9 Å². The third-order valence-corrected chi connectivity index (χ3v) is 4.98. The fourth-order valence-electron chi connectivity index (χ4n) is 2.88. The molecule has 2 rings (SSSR count). The predicted octanol–water partition coefficient (Wildman–Crippen LogP) is 4.29. The fourth-order valence-corrected chi connectivity index (χ4v) is 3.24. The first kappa shape index (κ1) is 14.9. The summed E-state index contributed by atoms with van der Waals surface area (Å²) in [7, 11) is 0. The van der Waals surface area contributed by atoms with Crippen LogP contribution in [-0.4, -0.2) is 30.6 Å². The minimum absolute atomic E-state index is 0.539. The molecule has 0 radical (unpaired) electrons. The van der Waals surface area contributed by atoms with E-state index in [0.29, 0.717) is 6.04 Å². The number of anilines is 1. The number of rotatable bonds is 4. The summed E-state index contributed by atoms with van der Waals surface area (Å²) in [5.74, 6) is 0.787. The molecule has 1 aliphatic heterocycles. The quantitative estimate of drug-likeness (QED) is 0.888. The van der Waals surface area contributed by atoms with Crippen LogP contribution in [0, 0.1) is 12.8 Å². The second kappa shape index (κ2) is 6.76. The van der Waals surface area contributed by atoms with Crippen molar-refractivity contribution >= 4 is 21.6 Å². The molecule has 2 nitrogen and oxygen atoms in total. The van der Waals surface area contributed by atoms with Crippen LogP contribution in [0.15, 0.2) is 22.7 Å². The number of likely N-dealkylation sites (tertiary alicyclic amines) is 1. The maximum absolute atomic E-state index is 3.69. The van der Waals surface area contributed by atoms with Gasteiger partial charge in [-0.15, -0.1) is 0 Å². The predicted molar refractivity (Wildman–Crippen MR) is 86.8 cm³/mol. The van der Waals surface area contributed by atoms with E-state index in [1.807, 2.05) is 0 Å². The Kier molecular flexibility index (Phi) is 5.28. The van der Waals surface area contributed by atoms with Gasteiger partial charge in [0.2, 0.25) is 0 Å². The molecule has 1 heterocycles. The van der Waals surface area contributed by atoms with Gasteiger partial charge in [0.25, 0.3) is 0 Å². The van der Waals surface area contributed by atoms with Crippen molar-refractivity contribution in [3.63, 3.8) is 0 Å². The lowest BCUT2D eigenvalue weighted by atomic mass is 9.90. The Balaban J connectivity index is 1.94. The van der Waals surface area contributed by atoms with E-state index in [4.69, 9.17) is 0 Å². The number of hydrogen-bond acceptors (Lipinski definition) is 2. The smallest absolute Gasteiger partial charge is 0.0489 e. The highest BCUT2D eigenvalue weighted by Crippen LogP contribution is 2.28. The molecule has 1 atom stereocenters. The summed E-state index contributed by atoms with van der Waals surface area (Å²) < 4.78 is 1.16. The van der Waals surface area contributed by atoms with Crippen LogP contribution in [-0.2, 0) is 0 Å². The van der Waals surface area contributed by atoms with Gasteiger partial charge in [-0.3, -0.25) is 0 Å². The summed E-state index contributed by atoms with van der Waals surface area (Å²) in [5.41, 5.74) is 2.53. The molecule has 0 spiro atoms. The van der Waals surface area contributed by atoms with E-state index in [2.05, 4.69) is 65.1 Å². The minimum Gasteiger partial charge on any atom is -0.381 e. The summed E-state index contributed by atoms with van der Waals surface area (Å²) in [5, 5.41) is 3.69. The third-order valence-electron chi connectivity index (χ3n) is 4.29. The molecule has 106 valence electrons. The van der Waals surface area contributed by atoms with Gasteiger partial charge in [0.1, 0.15) is 0 Å². The lowest BCUT2D eigenvalue weighted by Gasteiger charge is -2.35. The minimum atomic E-state index is 0.539. The highest BCUT2D eigenvalue weighted by atomic mass is 79.9. The van der Waals surface area contributed by atoms with E-state index in [0.717, 1.165) is 10.4 Å². The first-order valence-corrected chi connectivity index (χ1v) is 8.14. The van der Waals surface area contributed by atoms with Crippen LogP contribution in [0.4, 0.5) is 5.69 Å². The molecule has 1 aromatic rings. The molecule has 1 fully saturated rings. The van der Waals surface area contributed by atoms with Crippen molar-refractivity contribution in [3.05, 3.63) is 28.2 Å². The number of halogens is 1. The zero-order chi connectivity index (χ0) is 13.8. The van der Waals surface area contributed by atoms with Crippen molar-refractivity contribution in [2.75, 3.05) is 25.0 Å². The molecule has 1 N–H and O–H groups in total. The van der Waals surface area contributed by atoms with Gasteiger partial charge in [0.05, 0.1) is 0 Å². The van der Waals surface area contributed by atoms with Crippen LogP contribution in [0.5, 0.6) is 0 Å². The standard InChI is InChI=1S/C16H25BrN2/c1-4-19-9-7-14(8-10-19)13(3)18-16-11-12(2)5-6-15(16)17/h5-6,11,13-14,18H,4,7-10H2,1-3H3. The highest BCUT2D eigenvalue weighted by molar-refractivity contribution is 9.10. The van der Waals surface area contributed by atoms with Crippen LogP contribution < -0.4 is 5.32 Å². The molecule has 0 bridgehead atoms. The van der Waals surface area contributed by atoms with Crippen molar-refractivity contribution in [1.29, 1.82) is 0 Å². The largest absolute Gasteiger partial charge is 0.381 e. The molecular weight excluding hydrogens is 300 g/mol. The highest BCUT2D eigenvalue weighted by Gasteiger charge is 2.23. The van der Waals surface area contributed by atoms with Crippen molar-refractivity contribution in [3.8, 4) is 0 Å². The Hall–Kier alpha value is -0.540. The molecule has 0 aromatic heterocycles.